The van der Waals surface area contributed by atoms with Crippen LogP contribution in [0.2, 0.25) is 0 Å². The highest BCUT2D eigenvalue weighted by Gasteiger charge is 2.17. The van der Waals surface area contributed by atoms with Gasteiger partial charge in [-0.3, -0.25) is 0 Å². The lowest BCUT2D eigenvalue weighted by Gasteiger charge is -2.31. The Morgan fingerprint density at radius 3 is 2.03 bits per heavy atom. The monoisotopic (exact) mass is 407 g/mol. The first-order valence-electron chi connectivity index (χ1n) is 12.4. The molecule has 0 spiro atoms. The molecule has 2 nitrogen and oxygen atoms in total. The lowest BCUT2D eigenvalue weighted by atomic mass is 10.0. The lowest BCUT2D eigenvalue weighted by molar-refractivity contribution is 0.289. The molecule has 0 bridgehead atoms. The van der Waals surface area contributed by atoms with Gasteiger partial charge in [0.25, 0.3) is 0 Å². The predicted octanol–water partition coefficient (Wildman–Crippen LogP) is 8.29. The molecule has 0 aliphatic carbocycles. The molecule has 1 aliphatic heterocycles. The van der Waals surface area contributed by atoms with Crippen LogP contribution >= 0.6 is 0 Å². The van der Waals surface area contributed by atoms with Crippen LogP contribution in [0.4, 0.5) is 5.69 Å². The van der Waals surface area contributed by atoms with Crippen LogP contribution in [0.3, 0.4) is 0 Å². The number of fused-ring (bicyclic) bond motifs is 1. The Balaban J connectivity index is 1.27. The van der Waals surface area contributed by atoms with E-state index >= 15 is 0 Å². The molecule has 0 amide bonds. The number of rotatable bonds is 14. The van der Waals surface area contributed by atoms with E-state index in [2.05, 4.69) is 60.4 Å². The minimum atomic E-state index is 0.638. The fraction of sp³-hybridized carbons (Fsp3) is 0.571. The molecule has 0 atom stereocenters. The first kappa shape index (κ1) is 22.7. The van der Waals surface area contributed by atoms with E-state index in [1.807, 2.05) is 0 Å². The van der Waals surface area contributed by atoms with Crippen molar-refractivity contribution >= 4 is 5.69 Å². The van der Waals surface area contributed by atoms with Gasteiger partial charge in [0.2, 0.25) is 0 Å². The molecule has 0 N–H and O–H groups in total. The SMILES string of the molecule is CCCCCCCCCCCCCCc1ccc2c(c1)OCN(c1ccccc1)C2. The van der Waals surface area contributed by atoms with Gasteiger partial charge < -0.3 is 9.64 Å². The number of anilines is 1. The van der Waals surface area contributed by atoms with Crippen LogP contribution in [-0.4, -0.2) is 6.73 Å². The summed E-state index contributed by atoms with van der Waals surface area (Å²) in [5.41, 5.74) is 3.95. The van der Waals surface area contributed by atoms with E-state index in [0.29, 0.717) is 6.73 Å². The van der Waals surface area contributed by atoms with Crippen LogP contribution in [0.1, 0.15) is 95.1 Å². The zero-order chi connectivity index (χ0) is 20.9. The minimum absolute atomic E-state index is 0.638. The third-order valence-corrected chi connectivity index (χ3v) is 6.31. The summed E-state index contributed by atoms with van der Waals surface area (Å²) < 4.78 is 6.07. The first-order valence-corrected chi connectivity index (χ1v) is 12.4. The van der Waals surface area contributed by atoms with E-state index in [4.69, 9.17) is 4.74 Å². The summed E-state index contributed by atoms with van der Waals surface area (Å²) in [6.07, 6.45) is 18.1. The van der Waals surface area contributed by atoms with E-state index in [1.54, 1.807) is 0 Å². The first-order chi connectivity index (χ1) is 14.9. The Bertz CT molecular complexity index is 712. The number of ether oxygens (including phenoxy) is 1. The van der Waals surface area contributed by atoms with Gasteiger partial charge in [-0.1, -0.05) is 108 Å². The smallest absolute Gasteiger partial charge is 0.161 e. The van der Waals surface area contributed by atoms with Crippen molar-refractivity contribution in [3.05, 3.63) is 59.7 Å². The Hall–Kier alpha value is -1.96. The molecule has 0 aromatic heterocycles. The summed E-state index contributed by atoms with van der Waals surface area (Å²) in [6, 6.07) is 17.4. The average Bonchev–Trinajstić information content (AvgIpc) is 2.80. The number of hydrogen-bond acceptors (Lipinski definition) is 2. The van der Waals surface area contributed by atoms with Gasteiger partial charge in [-0.15, -0.1) is 0 Å². The third-order valence-electron chi connectivity index (χ3n) is 6.31. The second-order valence-corrected chi connectivity index (χ2v) is 8.89. The van der Waals surface area contributed by atoms with Crippen LogP contribution < -0.4 is 9.64 Å². The highest BCUT2D eigenvalue weighted by molar-refractivity contribution is 5.50. The molecule has 2 heteroatoms. The van der Waals surface area contributed by atoms with E-state index in [-0.39, 0.29) is 0 Å². The standard InChI is InChI=1S/C28H41NO/c1-2-3-4-5-6-7-8-9-10-11-12-14-17-25-20-21-26-23-29(24-30-28(26)22-25)27-18-15-13-16-19-27/h13,15-16,18-22H,2-12,14,17,23-24H2,1H3. The van der Waals surface area contributed by atoms with Crippen LogP contribution in [-0.2, 0) is 13.0 Å². The molecule has 164 valence electrons. The average molecular weight is 408 g/mol. The normalized spacial score (nSPS) is 13.2. The molecular weight excluding hydrogens is 366 g/mol. The predicted molar refractivity (Wildman–Crippen MR) is 129 cm³/mol. The fourth-order valence-corrected chi connectivity index (χ4v) is 4.39. The highest BCUT2D eigenvalue weighted by Crippen LogP contribution is 2.29. The van der Waals surface area contributed by atoms with Gasteiger partial charge in [0.15, 0.2) is 6.73 Å². The molecule has 0 saturated carbocycles. The van der Waals surface area contributed by atoms with Gasteiger partial charge in [0, 0.05) is 17.8 Å². The zero-order valence-corrected chi connectivity index (χ0v) is 19.1. The van der Waals surface area contributed by atoms with Gasteiger partial charge in [0.05, 0.1) is 0 Å². The van der Waals surface area contributed by atoms with Crippen LogP contribution in [0, 0.1) is 0 Å². The second kappa shape index (κ2) is 13.4. The fourth-order valence-electron chi connectivity index (χ4n) is 4.39. The van der Waals surface area contributed by atoms with Crippen LogP contribution in [0.25, 0.3) is 0 Å². The highest BCUT2D eigenvalue weighted by atomic mass is 16.5. The molecule has 1 heterocycles. The van der Waals surface area contributed by atoms with Crippen molar-refractivity contribution in [1.29, 1.82) is 0 Å². The van der Waals surface area contributed by atoms with Crippen molar-refractivity contribution in [2.45, 2.75) is 96.9 Å². The molecule has 0 saturated heterocycles. The van der Waals surface area contributed by atoms with Crippen LogP contribution in [0.15, 0.2) is 48.5 Å². The van der Waals surface area contributed by atoms with E-state index in [1.165, 1.54) is 100 Å². The quantitative estimate of drug-likeness (QED) is 0.292. The molecule has 3 rings (SSSR count). The molecule has 2 aromatic carbocycles. The Morgan fingerprint density at radius 2 is 1.37 bits per heavy atom. The largest absolute Gasteiger partial charge is 0.473 e. The van der Waals surface area contributed by atoms with Gasteiger partial charge in [-0.05, 0) is 36.6 Å². The summed E-state index contributed by atoms with van der Waals surface area (Å²) in [7, 11) is 0. The Labute approximate surface area is 184 Å². The maximum Gasteiger partial charge on any atom is 0.161 e. The Morgan fingerprint density at radius 1 is 0.733 bits per heavy atom. The lowest BCUT2D eigenvalue weighted by Crippen LogP contribution is -2.31. The van der Waals surface area contributed by atoms with Crippen molar-refractivity contribution in [3.8, 4) is 5.75 Å². The van der Waals surface area contributed by atoms with Gasteiger partial charge >= 0.3 is 0 Å². The molecule has 0 unspecified atom stereocenters. The Kier molecular flexibility index (Phi) is 10.1. The number of nitrogens with zero attached hydrogens (tertiary/aromatic N) is 1. The number of para-hydroxylation sites is 1. The number of aryl methyl sites for hydroxylation is 1. The van der Waals surface area contributed by atoms with Crippen molar-refractivity contribution in [3.63, 3.8) is 0 Å². The van der Waals surface area contributed by atoms with Crippen molar-refractivity contribution in [2.75, 3.05) is 11.6 Å². The van der Waals surface area contributed by atoms with E-state index < -0.39 is 0 Å². The van der Waals surface area contributed by atoms with Crippen molar-refractivity contribution in [2.24, 2.45) is 0 Å². The second-order valence-electron chi connectivity index (χ2n) is 8.89. The molecule has 30 heavy (non-hydrogen) atoms. The summed E-state index contributed by atoms with van der Waals surface area (Å²) in [6.45, 7) is 3.86. The molecule has 0 radical (unpaired) electrons. The number of benzene rings is 2. The minimum Gasteiger partial charge on any atom is -0.473 e. The maximum atomic E-state index is 6.07. The molecule has 0 fully saturated rings. The van der Waals surface area contributed by atoms with Crippen molar-refractivity contribution < 1.29 is 4.74 Å². The maximum absolute atomic E-state index is 6.07. The number of hydrogen-bond donors (Lipinski definition) is 0. The zero-order valence-electron chi connectivity index (χ0n) is 19.1. The van der Waals surface area contributed by atoms with Crippen molar-refractivity contribution in [1.82, 2.24) is 0 Å². The van der Waals surface area contributed by atoms with E-state index in [0.717, 1.165) is 12.3 Å². The summed E-state index contributed by atoms with van der Waals surface area (Å²) >= 11 is 0. The number of unbranched alkanes of at least 4 members (excludes halogenated alkanes) is 11. The van der Waals surface area contributed by atoms with Gasteiger partial charge in [-0.2, -0.15) is 0 Å². The third kappa shape index (κ3) is 7.70. The summed E-state index contributed by atoms with van der Waals surface area (Å²) in [5, 5.41) is 0. The molecule has 2 aromatic rings. The topological polar surface area (TPSA) is 12.5 Å². The molecular formula is C28H41NO. The van der Waals surface area contributed by atoms with E-state index in [9.17, 15) is 0 Å². The van der Waals surface area contributed by atoms with Crippen LogP contribution in [0.5, 0.6) is 5.75 Å². The summed E-state index contributed by atoms with van der Waals surface area (Å²) in [4.78, 5) is 2.28. The van der Waals surface area contributed by atoms with Gasteiger partial charge in [0.1, 0.15) is 5.75 Å². The van der Waals surface area contributed by atoms with Gasteiger partial charge in [-0.25, -0.2) is 0 Å². The summed E-state index contributed by atoms with van der Waals surface area (Å²) in [5.74, 6) is 1.08. The molecule has 1 aliphatic rings.